The van der Waals surface area contributed by atoms with E-state index in [2.05, 4.69) is 46.7 Å². The van der Waals surface area contributed by atoms with Crippen molar-refractivity contribution < 1.29 is 9.53 Å². The first-order valence-corrected chi connectivity index (χ1v) is 9.59. The highest BCUT2D eigenvalue weighted by molar-refractivity contribution is 6.33. The topological polar surface area (TPSA) is 53.6 Å². The Morgan fingerprint density at radius 3 is 2.70 bits per heavy atom. The third-order valence-corrected chi connectivity index (χ3v) is 5.48. The number of nitrogens with zero attached hydrogens (tertiary/aromatic N) is 1. The molecule has 0 bridgehead atoms. The van der Waals surface area contributed by atoms with Crippen LogP contribution in [0.25, 0.3) is 0 Å². The summed E-state index contributed by atoms with van der Waals surface area (Å²) in [5.41, 5.74) is 3.91. The molecule has 1 aliphatic rings. The van der Waals surface area contributed by atoms with Gasteiger partial charge in [0.15, 0.2) is 0 Å². The molecule has 3 rings (SSSR count). The Bertz CT molecular complexity index is 825. The van der Waals surface area contributed by atoms with E-state index in [4.69, 9.17) is 16.3 Å². The second-order valence-corrected chi connectivity index (χ2v) is 7.09. The molecule has 0 fully saturated rings. The molecule has 0 radical (unpaired) electrons. The van der Waals surface area contributed by atoms with Crippen LogP contribution in [0.2, 0.25) is 5.02 Å². The molecule has 1 heterocycles. The summed E-state index contributed by atoms with van der Waals surface area (Å²) in [6.07, 6.45) is 0.931. The van der Waals surface area contributed by atoms with Crippen LogP contribution in [0.5, 0.6) is 5.75 Å². The maximum atomic E-state index is 12.8. The number of likely N-dealkylation sites (N-methyl/N-ethyl adjacent to an activating group) is 1. The van der Waals surface area contributed by atoms with Crippen LogP contribution in [0.4, 0.5) is 5.69 Å². The Morgan fingerprint density at radius 2 is 2.04 bits per heavy atom. The van der Waals surface area contributed by atoms with E-state index >= 15 is 0 Å². The third-order valence-electron chi connectivity index (χ3n) is 5.17. The van der Waals surface area contributed by atoms with Gasteiger partial charge in [-0.2, -0.15) is 0 Å². The summed E-state index contributed by atoms with van der Waals surface area (Å²) in [5, 5.41) is 6.55. The van der Waals surface area contributed by atoms with Gasteiger partial charge in [-0.25, -0.2) is 0 Å². The Kier molecular flexibility index (Phi) is 6.24. The van der Waals surface area contributed by atoms with Crippen LogP contribution in [0.15, 0.2) is 36.4 Å². The van der Waals surface area contributed by atoms with Gasteiger partial charge in [-0.1, -0.05) is 42.8 Å². The van der Waals surface area contributed by atoms with Gasteiger partial charge in [0.25, 0.3) is 5.91 Å². The third kappa shape index (κ3) is 4.20. The van der Waals surface area contributed by atoms with E-state index in [-0.39, 0.29) is 11.9 Å². The highest BCUT2D eigenvalue weighted by atomic mass is 35.5. The van der Waals surface area contributed by atoms with E-state index < -0.39 is 0 Å². The highest BCUT2D eigenvalue weighted by Crippen LogP contribution is 2.30. The standard InChI is InChI=1S/C21H26ClN3O2/c1-4-25-13-15-8-6-5-7-14(15)9-16(25)12-24-21(26)17-10-18(22)19(23-2)11-20(17)27-3/h5-8,10-11,16,23H,4,9,12-13H2,1-3H3,(H,24,26)/t16-/m0/s1. The molecule has 0 unspecified atom stereocenters. The lowest BCUT2D eigenvalue weighted by Crippen LogP contribution is -2.47. The minimum absolute atomic E-state index is 0.175. The summed E-state index contributed by atoms with van der Waals surface area (Å²) in [6, 6.07) is 12.2. The Hall–Kier alpha value is -2.24. The molecule has 2 N–H and O–H groups in total. The van der Waals surface area contributed by atoms with Crippen molar-refractivity contribution in [1.82, 2.24) is 10.2 Å². The van der Waals surface area contributed by atoms with Crippen LogP contribution in [0.3, 0.4) is 0 Å². The zero-order chi connectivity index (χ0) is 19.4. The molecule has 2 aromatic carbocycles. The van der Waals surface area contributed by atoms with Crippen molar-refractivity contribution in [2.45, 2.75) is 25.9 Å². The fourth-order valence-electron chi connectivity index (χ4n) is 3.61. The quantitative estimate of drug-likeness (QED) is 0.795. The predicted octanol–water partition coefficient (Wildman–Crippen LogP) is 3.57. The number of rotatable bonds is 6. The lowest BCUT2D eigenvalue weighted by Gasteiger charge is -2.36. The zero-order valence-electron chi connectivity index (χ0n) is 16.0. The van der Waals surface area contributed by atoms with Gasteiger partial charge in [-0.05, 0) is 30.2 Å². The van der Waals surface area contributed by atoms with Crippen molar-refractivity contribution in [3.8, 4) is 5.75 Å². The van der Waals surface area contributed by atoms with Crippen molar-refractivity contribution in [3.63, 3.8) is 0 Å². The van der Waals surface area contributed by atoms with Crippen LogP contribution in [-0.4, -0.2) is 44.1 Å². The van der Waals surface area contributed by atoms with Crippen LogP contribution in [0.1, 0.15) is 28.4 Å². The average Bonchev–Trinajstić information content (AvgIpc) is 2.70. The average molecular weight is 388 g/mol. The van der Waals surface area contributed by atoms with Crippen molar-refractivity contribution >= 4 is 23.2 Å². The van der Waals surface area contributed by atoms with Gasteiger partial charge in [0.2, 0.25) is 0 Å². The van der Waals surface area contributed by atoms with E-state index in [0.717, 1.165) is 25.2 Å². The number of anilines is 1. The van der Waals surface area contributed by atoms with E-state index in [9.17, 15) is 4.79 Å². The van der Waals surface area contributed by atoms with Crippen molar-refractivity contribution in [2.75, 3.05) is 32.6 Å². The molecule has 0 saturated carbocycles. The molecule has 5 nitrogen and oxygen atoms in total. The van der Waals surface area contributed by atoms with Crippen LogP contribution < -0.4 is 15.4 Å². The fraction of sp³-hybridized carbons (Fsp3) is 0.381. The number of hydrogen-bond acceptors (Lipinski definition) is 4. The molecule has 1 atom stereocenters. The first-order chi connectivity index (χ1) is 13.1. The molecule has 0 spiro atoms. The van der Waals surface area contributed by atoms with Gasteiger partial charge in [-0.15, -0.1) is 0 Å². The Balaban J connectivity index is 1.73. The molecule has 2 aromatic rings. The number of methoxy groups -OCH3 is 1. The molecule has 6 heteroatoms. The summed E-state index contributed by atoms with van der Waals surface area (Å²) in [7, 11) is 3.33. The Morgan fingerprint density at radius 1 is 1.30 bits per heavy atom. The SMILES string of the molecule is CCN1Cc2ccccc2C[C@H]1CNC(=O)c1cc(Cl)c(NC)cc1OC. The van der Waals surface area contributed by atoms with Crippen LogP contribution in [-0.2, 0) is 13.0 Å². The second-order valence-electron chi connectivity index (χ2n) is 6.68. The lowest BCUT2D eigenvalue weighted by molar-refractivity contribution is 0.0924. The van der Waals surface area contributed by atoms with Crippen LogP contribution >= 0.6 is 11.6 Å². The largest absolute Gasteiger partial charge is 0.496 e. The monoisotopic (exact) mass is 387 g/mol. The summed E-state index contributed by atoms with van der Waals surface area (Å²) >= 11 is 6.25. The maximum absolute atomic E-state index is 12.8. The number of halogens is 1. The number of carbonyl (C=O) groups is 1. The minimum atomic E-state index is -0.175. The molecular formula is C21H26ClN3O2. The molecule has 27 heavy (non-hydrogen) atoms. The van der Waals surface area contributed by atoms with E-state index in [1.807, 2.05) is 0 Å². The number of ether oxygens (including phenoxy) is 1. The minimum Gasteiger partial charge on any atom is -0.496 e. The van der Waals surface area contributed by atoms with Crippen molar-refractivity contribution in [3.05, 3.63) is 58.1 Å². The van der Waals surface area contributed by atoms with E-state index in [0.29, 0.717) is 22.9 Å². The molecule has 0 aliphatic carbocycles. The second kappa shape index (κ2) is 8.63. The first-order valence-electron chi connectivity index (χ1n) is 9.21. The summed E-state index contributed by atoms with van der Waals surface area (Å²) in [6.45, 7) is 4.59. The zero-order valence-corrected chi connectivity index (χ0v) is 16.8. The molecular weight excluding hydrogens is 362 g/mol. The number of nitrogens with one attached hydrogen (secondary N) is 2. The normalized spacial score (nSPS) is 16.5. The van der Waals surface area contributed by atoms with Crippen LogP contribution in [0, 0.1) is 0 Å². The van der Waals surface area contributed by atoms with E-state index in [1.165, 1.54) is 11.1 Å². The number of amides is 1. The molecule has 1 amide bonds. The molecule has 0 saturated heterocycles. The molecule has 144 valence electrons. The van der Waals surface area contributed by atoms with Gasteiger partial charge in [0.05, 0.1) is 23.4 Å². The Labute approximate surface area is 165 Å². The summed E-state index contributed by atoms with van der Waals surface area (Å²) < 4.78 is 5.37. The lowest BCUT2D eigenvalue weighted by atomic mass is 9.94. The summed E-state index contributed by atoms with van der Waals surface area (Å²) in [4.78, 5) is 15.2. The van der Waals surface area contributed by atoms with E-state index in [1.54, 1.807) is 26.3 Å². The number of hydrogen-bond donors (Lipinski definition) is 2. The summed E-state index contributed by atoms with van der Waals surface area (Å²) in [5.74, 6) is 0.328. The predicted molar refractivity (Wildman–Crippen MR) is 110 cm³/mol. The van der Waals surface area contributed by atoms with Gasteiger partial charge >= 0.3 is 0 Å². The maximum Gasteiger partial charge on any atom is 0.255 e. The number of fused-ring (bicyclic) bond motifs is 1. The number of benzene rings is 2. The molecule has 1 aliphatic heterocycles. The van der Waals surface area contributed by atoms with Gasteiger partial charge in [-0.3, -0.25) is 9.69 Å². The van der Waals surface area contributed by atoms with Crippen molar-refractivity contribution in [1.29, 1.82) is 0 Å². The fourth-order valence-corrected chi connectivity index (χ4v) is 3.87. The number of carbonyl (C=O) groups excluding carboxylic acids is 1. The smallest absolute Gasteiger partial charge is 0.255 e. The van der Waals surface area contributed by atoms with Gasteiger partial charge < -0.3 is 15.4 Å². The van der Waals surface area contributed by atoms with Gasteiger partial charge in [0.1, 0.15) is 5.75 Å². The van der Waals surface area contributed by atoms with Crippen molar-refractivity contribution in [2.24, 2.45) is 0 Å². The van der Waals surface area contributed by atoms with Gasteiger partial charge in [0, 0.05) is 32.2 Å². The highest BCUT2D eigenvalue weighted by Gasteiger charge is 2.25. The molecule has 0 aromatic heterocycles. The first kappa shape index (κ1) is 19.5.